The van der Waals surface area contributed by atoms with Gasteiger partial charge in [0.25, 0.3) is 5.91 Å². The molecule has 2 fully saturated rings. The van der Waals surface area contributed by atoms with Gasteiger partial charge in [-0.05, 0) is 37.0 Å². The second kappa shape index (κ2) is 7.74. The van der Waals surface area contributed by atoms with Gasteiger partial charge in [0, 0.05) is 31.7 Å². The Labute approximate surface area is 159 Å². The fraction of sp³-hybridized carbons (Fsp3) is 0.476. The maximum atomic E-state index is 11.9. The molecule has 3 heterocycles. The highest BCUT2D eigenvalue weighted by atomic mass is 16.5. The van der Waals surface area contributed by atoms with E-state index in [4.69, 9.17) is 13.9 Å². The highest BCUT2D eigenvalue weighted by molar-refractivity contribution is 5.91. The minimum absolute atomic E-state index is 0.0104. The molecule has 1 aromatic heterocycles. The summed E-state index contributed by atoms with van der Waals surface area (Å²) < 4.78 is 16.8. The molecule has 1 unspecified atom stereocenters. The first kappa shape index (κ1) is 18.1. The molecular formula is C21H26N2O4. The van der Waals surface area contributed by atoms with Gasteiger partial charge in [-0.25, -0.2) is 0 Å². The van der Waals surface area contributed by atoms with E-state index < -0.39 is 0 Å². The Hall–Kier alpha value is -2.31. The average molecular weight is 370 g/mol. The normalized spacial score (nSPS) is 21.6. The first-order valence-corrected chi connectivity index (χ1v) is 9.47. The average Bonchev–Trinajstić information content (AvgIpc) is 3.21. The molecule has 0 saturated carbocycles. The van der Waals surface area contributed by atoms with Gasteiger partial charge in [0.1, 0.15) is 5.75 Å². The van der Waals surface area contributed by atoms with E-state index in [0.29, 0.717) is 24.8 Å². The van der Waals surface area contributed by atoms with Gasteiger partial charge in [-0.1, -0.05) is 18.2 Å². The Morgan fingerprint density at radius 1 is 1.30 bits per heavy atom. The number of hydrogen-bond acceptors (Lipinski definition) is 5. The molecule has 0 radical (unpaired) electrons. The summed E-state index contributed by atoms with van der Waals surface area (Å²) in [6, 6.07) is 11.6. The molecule has 1 N–H and O–H groups in total. The molecule has 1 amide bonds. The first-order valence-electron chi connectivity index (χ1n) is 9.47. The van der Waals surface area contributed by atoms with Gasteiger partial charge in [-0.3, -0.25) is 9.69 Å². The van der Waals surface area contributed by atoms with Gasteiger partial charge in [0.15, 0.2) is 5.76 Å². The minimum Gasteiger partial charge on any atom is -0.496 e. The largest absolute Gasteiger partial charge is 0.496 e. The van der Waals surface area contributed by atoms with Gasteiger partial charge in [0.05, 0.1) is 25.6 Å². The number of ether oxygens (including phenoxy) is 2. The summed E-state index contributed by atoms with van der Waals surface area (Å²) in [6.45, 7) is 4.12. The number of benzene rings is 1. The number of hydrogen-bond donors (Lipinski definition) is 1. The molecule has 2 aliphatic rings. The summed E-state index contributed by atoms with van der Waals surface area (Å²) in [6.07, 6.45) is 3.62. The van der Waals surface area contributed by atoms with Crippen LogP contribution >= 0.6 is 0 Å². The lowest BCUT2D eigenvalue weighted by molar-refractivity contribution is -0.181. The summed E-state index contributed by atoms with van der Waals surface area (Å²) in [5.41, 5.74) is 1.20. The Balaban J connectivity index is 1.21. The number of methoxy groups -OCH3 is 1. The van der Waals surface area contributed by atoms with E-state index in [0.717, 1.165) is 38.2 Å². The molecular weight excluding hydrogens is 344 g/mol. The van der Waals surface area contributed by atoms with Gasteiger partial charge in [-0.15, -0.1) is 0 Å². The van der Waals surface area contributed by atoms with Crippen molar-refractivity contribution in [3.05, 3.63) is 54.0 Å². The quantitative estimate of drug-likeness (QED) is 0.847. The number of rotatable bonds is 6. The predicted octanol–water partition coefficient (Wildman–Crippen LogP) is 2.70. The lowest BCUT2D eigenvalue weighted by atomic mass is 9.82. The maximum Gasteiger partial charge on any atom is 0.286 e. The summed E-state index contributed by atoms with van der Waals surface area (Å²) in [4.78, 5) is 14.3. The van der Waals surface area contributed by atoms with Crippen LogP contribution in [0.15, 0.2) is 47.1 Å². The second-order valence-corrected chi connectivity index (χ2v) is 7.54. The van der Waals surface area contributed by atoms with Crippen LogP contribution in [0, 0.1) is 5.92 Å². The van der Waals surface area contributed by atoms with E-state index in [9.17, 15) is 4.79 Å². The van der Waals surface area contributed by atoms with Gasteiger partial charge < -0.3 is 19.2 Å². The van der Waals surface area contributed by atoms with Gasteiger partial charge >= 0.3 is 0 Å². The van der Waals surface area contributed by atoms with E-state index >= 15 is 0 Å². The molecule has 2 aromatic rings. The molecule has 4 rings (SSSR count). The van der Waals surface area contributed by atoms with Crippen molar-refractivity contribution in [1.29, 1.82) is 0 Å². The van der Waals surface area contributed by atoms with Crippen molar-refractivity contribution in [2.75, 3.05) is 33.4 Å². The lowest BCUT2D eigenvalue weighted by Crippen LogP contribution is -2.64. The number of carbonyl (C=O) groups is 1. The van der Waals surface area contributed by atoms with Crippen LogP contribution in [0.3, 0.4) is 0 Å². The summed E-state index contributed by atoms with van der Waals surface area (Å²) >= 11 is 0. The van der Waals surface area contributed by atoms with Gasteiger partial charge in [0.2, 0.25) is 0 Å². The number of furan rings is 1. The molecule has 6 nitrogen and oxygen atoms in total. The smallest absolute Gasteiger partial charge is 0.286 e. The Bertz CT molecular complexity index is 758. The zero-order valence-electron chi connectivity index (χ0n) is 15.6. The number of nitrogens with zero attached hydrogens (tertiary/aromatic N) is 1. The third kappa shape index (κ3) is 4.01. The van der Waals surface area contributed by atoms with Crippen molar-refractivity contribution in [3.63, 3.8) is 0 Å². The monoisotopic (exact) mass is 370 g/mol. The van der Waals surface area contributed by atoms with Gasteiger partial charge in [-0.2, -0.15) is 0 Å². The molecule has 2 saturated heterocycles. The standard InChI is InChI=1S/C21H26N2O4/c1-25-18-6-3-2-5-17(18)12-23-14-21(15-23)9-8-16(13-27-21)11-22-20(24)19-7-4-10-26-19/h2-7,10,16H,8-9,11-15H2,1H3,(H,22,24). The second-order valence-electron chi connectivity index (χ2n) is 7.54. The fourth-order valence-electron chi connectivity index (χ4n) is 4.01. The number of amides is 1. The van der Waals surface area contributed by atoms with E-state index in [2.05, 4.69) is 16.3 Å². The van der Waals surface area contributed by atoms with Crippen LogP contribution in [0.1, 0.15) is 29.0 Å². The predicted molar refractivity (Wildman–Crippen MR) is 101 cm³/mol. The molecule has 0 bridgehead atoms. The Morgan fingerprint density at radius 2 is 2.15 bits per heavy atom. The molecule has 0 aliphatic carbocycles. The third-order valence-electron chi connectivity index (χ3n) is 5.54. The van der Waals surface area contributed by atoms with Crippen molar-refractivity contribution in [3.8, 4) is 5.75 Å². The van der Waals surface area contributed by atoms with Crippen molar-refractivity contribution in [2.45, 2.75) is 25.0 Å². The van der Waals surface area contributed by atoms with Crippen LogP contribution in [-0.2, 0) is 11.3 Å². The summed E-state index contributed by atoms with van der Waals surface area (Å²) in [5.74, 6) is 1.49. The zero-order valence-corrected chi connectivity index (χ0v) is 15.6. The van der Waals surface area contributed by atoms with E-state index in [1.807, 2.05) is 18.2 Å². The molecule has 1 atom stereocenters. The number of carbonyl (C=O) groups excluding carboxylic acids is 1. The topological polar surface area (TPSA) is 63.9 Å². The fourth-order valence-corrected chi connectivity index (χ4v) is 4.01. The van der Waals surface area contributed by atoms with Crippen LogP contribution in [0.5, 0.6) is 5.75 Å². The number of nitrogens with one attached hydrogen (secondary N) is 1. The SMILES string of the molecule is COc1ccccc1CN1CC2(CCC(CNC(=O)c3ccco3)CO2)C1. The molecule has 144 valence electrons. The van der Waals surface area contributed by atoms with Crippen LogP contribution in [0.4, 0.5) is 0 Å². The number of para-hydroxylation sites is 1. The van der Waals surface area contributed by atoms with Crippen molar-refractivity contribution >= 4 is 5.91 Å². The molecule has 1 spiro atoms. The van der Waals surface area contributed by atoms with E-state index in [-0.39, 0.29) is 11.5 Å². The first-order chi connectivity index (χ1) is 13.2. The summed E-state index contributed by atoms with van der Waals surface area (Å²) in [5, 5.41) is 2.94. The summed E-state index contributed by atoms with van der Waals surface area (Å²) in [7, 11) is 1.71. The molecule has 27 heavy (non-hydrogen) atoms. The van der Waals surface area contributed by atoms with Crippen molar-refractivity contribution in [1.82, 2.24) is 10.2 Å². The third-order valence-corrected chi connectivity index (χ3v) is 5.54. The van der Waals surface area contributed by atoms with Crippen molar-refractivity contribution in [2.24, 2.45) is 5.92 Å². The lowest BCUT2D eigenvalue weighted by Gasteiger charge is -2.53. The van der Waals surface area contributed by atoms with Crippen LogP contribution in [-0.4, -0.2) is 49.8 Å². The maximum absolute atomic E-state index is 11.9. The van der Waals surface area contributed by atoms with Crippen LogP contribution in [0.2, 0.25) is 0 Å². The Morgan fingerprint density at radius 3 is 2.85 bits per heavy atom. The van der Waals surface area contributed by atoms with E-state index in [1.165, 1.54) is 11.8 Å². The highest BCUT2D eigenvalue weighted by Crippen LogP contribution is 2.37. The highest BCUT2D eigenvalue weighted by Gasteiger charge is 2.46. The molecule has 6 heteroatoms. The number of likely N-dealkylation sites (tertiary alicyclic amines) is 1. The molecule has 1 aromatic carbocycles. The minimum atomic E-state index is -0.160. The van der Waals surface area contributed by atoms with Crippen molar-refractivity contribution < 1.29 is 18.7 Å². The zero-order chi connectivity index (χ0) is 18.7. The molecule has 2 aliphatic heterocycles. The van der Waals surface area contributed by atoms with Crippen LogP contribution in [0.25, 0.3) is 0 Å². The van der Waals surface area contributed by atoms with Crippen LogP contribution < -0.4 is 10.1 Å². The van der Waals surface area contributed by atoms with E-state index in [1.54, 1.807) is 19.2 Å². The Kier molecular flexibility index (Phi) is 5.18.